The Hall–Kier alpha value is -1.25. The molecule has 0 aromatic heterocycles. The van der Waals surface area contributed by atoms with Crippen LogP contribution in [-0.2, 0) is 14.8 Å². The summed E-state index contributed by atoms with van der Waals surface area (Å²) < 4.78 is 32.8. The molecule has 4 rings (SSSR count). The van der Waals surface area contributed by atoms with Crippen LogP contribution in [0.3, 0.4) is 0 Å². The standard InChI is InChI=1S/C21H30N2O4S2/c1-27-18-7-9-19(10-8-18)29(25,26)22-13-11-21(12-14-22)23(15-16-28-21)20(24)17-5-3-2-4-6-17/h7-10,17H,2-6,11-16H2,1H3. The zero-order chi connectivity index (χ0) is 20.5. The van der Waals surface area contributed by atoms with Gasteiger partial charge in [-0.15, -0.1) is 11.8 Å². The number of rotatable bonds is 4. The topological polar surface area (TPSA) is 66.9 Å². The molecule has 1 saturated carbocycles. The predicted molar refractivity (Wildman–Crippen MR) is 114 cm³/mol. The van der Waals surface area contributed by atoms with Crippen molar-refractivity contribution in [2.24, 2.45) is 5.92 Å². The van der Waals surface area contributed by atoms with Crippen LogP contribution in [0.1, 0.15) is 44.9 Å². The number of ether oxygens (including phenoxy) is 1. The summed E-state index contributed by atoms with van der Waals surface area (Å²) in [6.45, 7) is 1.71. The first-order valence-corrected chi connectivity index (χ1v) is 13.0. The van der Waals surface area contributed by atoms with Crippen LogP contribution in [-0.4, -0.2) is 60.9 Å². The maximum atomic E-state index is 13.2. The Morgan fingerprint density at radius 1 is 1.07 bits per heavy atom. The Morgan fingerprint density at radius 3 is 2.34 bits per heavy atom. The van der Waals surface area contributed by atoms with Crippen LogP contribution in [0.15, 0.2) is 29.2 Å². The lowest BCUT2D eigenvalue weighted by Gasteiger charge is -2.44. The number of nitrogens with zero attached hydrogens (tertiary/aromatic N) is 2. The number of sulfonamides is 1. The largest absolute Gasteiger partial charge is 0.497 e. The second-order valence-corrected chi connectivity index (χ2v) is 11.6. The minimum atomic E-state index is -3.53. The van der Waals surface area contributed by atoms with E-state index in [1.807, 2.05) is 11.8 Å². The number of methoxy groups -OCH3 is 1. The molecule has 8 heteroatoms. The van der Waals surface area contributed by atoms with Gasteiger partial charge in [-0.2, -0.15) is 4.31 Å². The van der Waals surface area contributed by atoms with Gasteiger partial charge in [0.1, 0.15) is 5.75 Å². The molecule has 0 unspecified atom stereocenters. The molecule has 6 nitrogen and oxygen atoms in total. The Bertz CT molecular complexity index is 827. The lowest BCUT2D eigenvalue weighted by molar-refractivity contribution is -0.140. The number of benzene rings is 1. The molecular formula is C21H30N2O4S2. The summed E-state index contributed by atoms with van der Waals surface area (Å²) in [7, 11) is -1.96. The highest BCUT2D eigenvalue weighted by Crippen LogP contribution is 2.46. The van der Waals surface area contributed by atoms with Gasteiger partial charge in [-0.25, -0.2) is 8.42 Å². The maximum Gasteiger partial charge on any atom is 0.243 e. The molecule has 0 atom stereocenters. The molecule has 1 amide bonds. The summed E-state index contributed by atoms with van der Waals surface area (Å²) in [5.74, 6) is 2.06. The van der Waals surface area contributed by atoms with Gasteiger partial charge in [0, 0.05) is 31.3 Å². The van der Waals surface area contributed by atoms with Crippen molar-refractivity contribution in [2.75, 3.05) is 32.5 Å². The summed E-state index contributed by atoms with van der Waals surface area (Å²) in [5.41, 5.74) is 0. The Labute approximate surface area is 178 Å². The molecule has 0 bridgehead atoms. The zero-order valence-electron chi connectivity index (χ0n) is 17.0. The van der Waals surface area contributed by atoms with Crippen LogP contribution >= 0.6 is 11.8 Å². The van der Waals surface area contributed by atoms with Crippen LogP contribution in [0.5, 0.6) is 5.75 Å². The summed E-state index contributed by atoms with van der Waals surface area (Å²) >= 11 is 1.85. The van der Waals surface area contributed by atoms with Gasteiger partial charge < -0.3 is 9.64 Å². The maximum absolute atomic E-state index is 13.2. The van der Waals surface area contributed by atoms with Crippen molar-refractivity contribution in [1.82, 2.24) is 9.21 Å². The van der Waals surface area contributed by atoms with Gasteiger partial charge >= 0.3 is 0 Å². The third kappa shape index (κ3) is 4.03. The number of hydrogen-bond donors (Lipinski definition) is 0. The van der Waals surface area contributed by atoms with E-state index in [0.717, 1.165) is 38.0 Å². The van der Waals surface area contributed by atoms with Crippen LogP contribution in [0.4, 0.5) is 0 Å². The molecule has 1 aliphatic carbocycles. The monoisotopic (exact) mass is 438 g/mol. The van der Waals surface area contributed by atoms with Crippen molar-refractivity contribution >= 4 is 27.7 Å². The van der Waals surface area contributed by atoms with Gasteiger partial charge in [-0.3, -0.25) is 4.79 Å². The zero-order valence-corrected chi connectivity index (χ0v) is 18.6. The molecule has 2 heterocycles. The van der Waals surface area contributed by atoms with Gasteiger partial charge in [-0.05, 0) is 49.9 Å². The van der Waals surface area contributed by atoms with Crippen LogP contribution in [0, 0.1) is 5.92 Å². The van der Waals surface area contributed by atoms with Gasteiger partial charge in [0.05, 0.1) is 16.9 Å². The fourth-order valence-electron chi connectivity index (χ4n) is 4.88. The van der Waals surface area contributed by atoms with Crippen molar-refractivity contribution in [3.8, 4) is 5.75 Å². The van der Waals surface area contributed by atoms with Crippen molar-refractivity contribution in [3.63, 3.8) is 0 Å². The predicted octanol–water partition coefficient (Wildman–Crippen LogP) is 3.33. The molecule has 0 N–H and O–H groups in total. The van der Waals surface area contributed by atoms with Crippen molar-refractivity contribution in [1.29, 1.82) is 0 Å². The lowest BCUT2D eigenvalue weighted by Crippen LogP contribution is -2.54. The van der Waals surface area contributed by atoms with Crippen molar-refractivity contribution < 1.29 is 17.9 Å². The average molecular weight is 439 g/mol. The quantitative estimate of drug-likeness (QED) is 0.721. The van der Waals surface area contributed by atoms with E-state index in [1.54, 1.807) is 35.7 Å². The Balaban J connectivity index is 1.45. The normalized spacial score (nSPS) is 23.4. The first kappa shape index (κ1) is 21.0. The summed E-state index contributed by atoms with van der Waals surface area (Å²) in [6.07, 6.45) is 6.96. The molecule has 1 aromatic carbocycles. The highest BCUT2D eigenvalue weighted by atomic mass is 32.2. The van der Waals surface area contributed by atoms with Crippen LogP contribution in [0.25, 0.3) is 0 Å². The first-order chi connectivity index (χ1) is 14.0. The molecule has 2 saturated heterocycles. The van der Waals surface area contributed by atoms with Gasteiger partial charge in [0.2, 0.25) is 15.9 Å². The SMILES string of the molecule is COc1ccc(S(=O)(=O)N2CCC3(CC2)SCCN3C(=O)C2CCCCC2)cc1. The molecule has 3 aliphatic rings. The number of carbonyl (C=O) groups is 1. The Kier molecular flexibility index (Phi) is 6.14. The second-order valence-electron chi connectivity index (χ2n) is 8.20. The smallest absolute Gasteiger partial charge is 0.243 e. The minimum Gasteiger partial charge on any atom is -0.497 e. The first-order valence-electron chi connectivity index (χ1n) is 10.6. The molecular weight excluding hydrogens is 408 g/mol. The van der Waals surface area contributed by atoms with Crippen LogP contribution < -0.4 is 4.74 Å². The third-order valence-electron chi connectivity index (χ3n) is 6.60. The number of thioether (sulfide) groups is 1. The van der Waals surface area contributed by atoms with E-state index in [0.29, 0.717) is 42.5 Å². The van der Waals surface area contributed by atoms with E-state index < -0.39 is 10.0 Å². The number of carbonyl (C=O) groups excluding carboxylic acids is 1. The van der Waals surface area contributed by atoms with E-state index in [9.17, 15) is 13.2 Å². The third-order valence-corrected chi connectivity index (χ3v) is 10.1. The molecule has 1 aromatic rings. The molecule has 29 heavy (non-hydrogen) atoms. The van der Waals surface area contributed by atoms with Gasteiger partial charge in [0.25, 0.3) is 0 Å². The summed E-state index contributed by atoms with van der Waals surface area (Å²) in [4.78, 5) is 15.4. The number of hydrogen-bond acceptors (Lipinski definition) is 5. The van der Waals surface area contributed by atoms with Crippen LogP contribution in [0.2, 0.25) is 0 Å². The lowest BCUT2D eigenvalue weighted by atomic mass is 9.87. The van der Waals surface area contributed by atoms with Crippen molar-refractivity contribution in [3.05, 3.63) is 24.3 Å². The summed E-state index contributed by atoms with van der Waals surface area (Å²) in [5, 5.41) is 0. The minimum absolute atomic E-state index is 0.167. The molecule has 2 aliphatic heterocycles. The van der Waals surface area contributed by atoms with E-state index in [2.05, 4.69) is 4.90 Å². The summed E-state index contributed by atoms with van der Waals surface area (Å²) in [6, 6.07) is 6.55. The van der Waals surface area contributed by atoms with E-state index >= 15 is 0 Å². The fraction of sp³-hybridized carbons (Fsp3) is 0.667. The van der Waals surface area contributed by atoms with E-state index in [1.165, 1.54) is 6.42 Å². The highest BCUT2D eigenvalue weighted by molar-refractivity contribution is 8.00. The average Bonchev–Trinajstić information content (AvgIpc) is 3.17. The second kappa shape index (κ2) is 8.47. The van der Waals surface area contributed by atoms with Gasteiger partial charge in [0.15, 0.2) is 0 Å². The Morgan fingerprint density at radius 2 is 1.72 bits per heavy atom. The number of amides is 1. The molecule has 160 valence electrons. The molecule has 3 fully saturated rings. The fourth-order valence-corrected chi connectivity index (χ4v) is 7.78. The highest BCUT2D eigenvalue weighted by Gasteiger charge is 2.49. The molecule has 0 radical (unpaired) electrons. The van der Waals surface area contributed by atoms with E-state index in [4.69, 9.17) is 4.74 Å². The van der Waals surface area contributed by atoms with Gasteiger partial charge in [-0.1, -0.05) is 19.3 Å². The molecule has 1 spiro atoms. The van der Waals surface area contributed by atoms with Crippen molar-refractivity contribution in [2.45, 2.75) is 54.7 Å². The number of piperidine rings is 1. The van der Waals surface area contributed by atoms with E-state index in [-0.39, 0.29) is 10.8 Å².